The maximum absolute atomic E-state index is 12.8. The highest BCUT2D eigenvalue weighted by Gasteiger charge is 2.34. The molecule has 1 saturated heterocycles. The van der Waals surface area contributed by atoms with E-state index in [0.717, 1.165) is 12.0 Å². The first-order chi connectivity index (χ1) is 13.6. The van der Waals surface area contributed by atoms with Gasteiger partial charge in [0.1, 0.15) is 11.8 Å². The van der Waals surface area contributed by atoms with Gasteiger partial charge in [0.25, 0.3) is 5.91 Å². The fourth-order valence-corrected chi connectivity index (χ4v) is 4.03. The van der Waals surface area contributed by atoms with E-state index < -0.39 is 6.04 Å². The predicted octanol–water partition coefficient (Wildman–Crippen LogP) is 2.69. The van der Waals surface area contributed by atoms with Gasteiger partial charge in [0.2, 0.25) is 5.91 Å². The number of likely N-dealkylation sites (tertiary alicyclic amines) is 1. The maximum atomic E-state index is 12.8. The summed E-state index contributed by atoms with van der Waals surface area (Å²) in [6.07, 6.45) is 1.47. The van der Waals surface area contributed by atoms with Crippen LogP contribution in [0.25, 0.3) is 0 Å². The van der Waals surface area contributed by atoms with E-state index >= 15 is 0 Å². The first-order valence-corrected chi connectivity index (χ1v) is 9.88. The molecule has 1 aromatic heterocycles. The molecule has 1 aliphatic heterocycles. The number of hydrogen-bond acceptors (Lipinski definition) is 6. The fraction of sp³-hybridized carbons (Fsp3) is 0.400. The molecule has 1 fully saturated rings. The Balaban J connectivity index is 1.70. The summed E-state index contributed by atoms with van der Waals surface area (Å²) in [4.78, 5) is 27.8. The van der Waals surface area contributed by atoms with Crippen LogP contribution in [0.3, 0.4) is 0 Å². The Bertz CT molecular complexity index is 837. The number of nitrogens with zero attached hydrogens (tertiary/aromatic N) is 1. The summed E-state index contributed by atoms with van der Waals surface area (Å²) < 4.78 is 16.0. The summed E-state index contributed by atoms with van der Waals surface area (Å²) in [6.45, 7) is 0.856. The lowest BCUT2D eigenvalue weighted by Gasteiger charge is -2.23. The lowest BCUT2D eigenvalue weighted by Crippen LogP contribution is -2.45. The molecule has 2 heterocycles. The van der Waals surface area contributed by atoms with Crippen LogP contribution in [-0.2, 0) is 11.3 Å². The molecule has 1 atom stereocenters. The number of amides is 2. The second kappa shape index (κ2) is 8.97. The van der Waals surface area contributed by atoms with E-state index in [0.29, 0.717) is 35.1 Å². The van der Waals surface area contributed by atoms with Crippen molar-refractivity contribution >= 4 is 23.2 Å². The molecule has 28 heavy (non-hydrogen) atoms. The maximum Gasteiger partial charge on any atom is 0.264 e. The fourth-order valence-electron chi connectivity index (χ4n) is 3.35. The zero-order chi connectivity index (χ0) is 20.1. The minimum atomic E-state index is -0.458. The lowest BCUT2D eigenvalue weighted by molar-refractivity contribution is -0.125. The summed E-state index contributed by atoms with van der Waals surface area (Å²) in [5, 5.41) is 4.79. The third kappa shape index (κ3) is 4.06. The van der Waals surface area contributed by atoms with Crippen molar-refractivity contribution in [3.63, 3.8) is 0 Å². The van der Waals surface area contributed by atoms with Crippen LogP contribution in [0.5, 0.6) is 17.2 Å². The number of carbonyl (C=O) groups is 2. The van der Waals surface area contributed by atoms with Crippen molar-refractivity contribution in [2.24, 2.45) is 0 Å². The SMILES string of the molecule is COc1cc(OC)c(OC)cc1CNC(=O)[C@@H]1CCCN1C(=O)c1cccs1. The van der Waals surface area contributed by atoms with E-state index in [1.807, 2.05) is 11.4 Å². The Morgan fingerprint density at radius 2 is 1.86 bits per heavy atom. The van der Waals surface area contributed by atoms with Crippen LogP contribution in [0.15, 0.2) is 29.6 Å². The zero-order valence-electron chi connectivity index (χ0n) is 16.2. The number of ether oxygens (including phenoxy) is 3. The molecule has 2 aromatic rings. The van der Waals surface area contributed by atoms with Gasteiger partial charge in [-0.1, -0.05) is 6.07 Å². The first kappa shape index (κ1) is 20.0. The molecule has 150 valence electrons. The van der Waals surface area contributed by atoms with Crippen LogP contribution < -0.4 is 19.5 Å². The van der Waals surface area contributed by atoms with Gasteiger partial charge in [0.05, 0.1) is 26.2 Å². The molecule has 0 bridgehead atoms. The second-order valence-corrected chi connectivity index (χ2v) is 7.32. The molecule has 0 radical (unpaired) electrons. The van der Waals surface area contributed by atoms with Gasteiger partial charge in [0, 0.05) is 24.7 Å². The van der Waals surface area contributed by atoms with E-state index in [-0.39, 0.29) is 18.4 Å². The van der Waals surface area contributed by atoms with Gasteiger partial charge in [-0.15, -0.1) is 11.3 Å². The second-order valence-electron chi connectivity index (χ2n) is 6.37. The standard InChI is InChI=1S/C20H24N2O5S/c1-25-15-11-17(27-3)16(26-2)10-13(15)12-21-19(23)14-6-4-8-22(14)20(24)18-7-5-9-28-18/h5,7,9-11,14H,4,6,8,12H2,1-3H3,(H,21,23)/t14-/m0/s1. The molecule has 0 aliphatic carbocycles. The number of nitrogens with one attached hydrogen (secondary N) is 1. The predicted molar refractivity (Wildman–Crippen MR) is 106 cm³/mol. The van der Waals surface area contributed by atoms with Gasteiger partial charge in [-0.25, -0.2) is 0 Å². The Labute approximate surface area is 168 Å². The third-order valence-corrected chi connectivity index (χ3v) is 5.65. The van der Waals surface area contributed by atoms with Gasteiger partial charge in [-0.3, -0.25) is 9.59 Å². The van der Waals surface area contributed by atoms with Crippen molar-refractivity contribution in [1.82, 2.24) is 10.2 Å². The molecule has 0 spiro atoms. The Morgan fingerprint density at radius 1 is 1.14 bits per heavy atom. The summed E-state index contributed by atoms with van der Waals surface area (Å²) in [7, 11) is 4.67. The summed E-state index contributed by atoms with van der Waals surface area (Å²) in [6, 6.07) is 6.67. The van der Waals surface area contributed by atoms with Gasteiger partial charge < -0.3 is 24.4 Å². The van der Waals surface area contributed by atoms with E-state index in [2.05, 4.69) is 5.32 Å². The van der Waals surface area contributed by atoms with Gasteiger partial charge >= 0.3 is 0 Å². The minimum Gasteiger partial charge on any atom is -0.496 e. The average molecular weight is 404 g/mol. The van der Waals surface area contributed by atoms with Crippen LogP contribution >= 0.6 is 11.3 Å². The molecule has 1 N–H and O–H groups in total. The highest BCUT2D eigenvalue weighted by atomic mass is 32.1. The highest BCUT2D eigenvalue weighted by Crippen LogP contribution is 2.34. The molecule has 8 heteroatoms. The zero-order valence-corrected chi connectivity index (χ0v) is 17.0. The number of hydrogen-bond donors (Lipinski definition) is 1. The van der Waals surface area contributed by atoms with Crippen LogP contribution in [0.4, 0.5) is 0 Å². The number of benzene rings is 1. The molecule has 3 rings (SSSR count). The Kier molecular flexibility index (Phi) is 6.41. The van der Waals surface area contributed by atoms with E-state index in [9.17, 15) is 9.59 Å². The number of rotatable bonds is 7. The summed E-state index contributed by atoms with van der Waals surface area (Å²) in [5.74, 6) is 1.45. The number of carbonyl (C=O) groups excluding carboxylic acids is 2. The van der Waals surface area contributed by atoms with Crippen molar-refractivity contribution in [3.8, 4) is 17.2 Å². The van der Waals surface area contributed by atoms with E-state index in [1.165, 1.54) is 11.3 Å². The van der Waals surface area contributed by atoms with Gasteiger partial charge in [-0.2, -0.15) is 0 Å². The molecular formula is C20H24N2O5S. The number of thiophene rings is 1. The van der Waals surface area contributed by atoms with Gasteiger partial charge in [0.15, 0.2) is 11.5 Å². The van der Waals surface area contributed by atoms with Crippen LogP contribution in [0.1, 0.15) is 28.1 Å². The van der Waals surface area contributed by atoms with Crippen molar-refractivity contribution in [3.05, 3.63) is 40.1 Å². The van der Waals surface area contributed by atoms with E-state index in [4.69, 9.17) is 14.2 Å². The van der Waals surface area contributed by atoms with Crippen LogP contribution in [-0.4, -0.2) is 50.6 Å². The smallest absolute Gasteiger partial charge is 0.264 e. The molecule has 1 aromatic carbocycles. The molecule has 1 aliphatic rings. The van der Waals surface area contributed by atoms with Gasteiger partial charge in [-0.05, 0) is 30.4 Å². The van der Waals surface area contributed by atoms with Crippen LogP contribution in [0, 0.1) is 0 Å². The van der Waals surface area contributed by atoms with Crippen molar-refractivity contribution in [1.29, 1.82) is 0 Å². The minimum absolute atomic E-state index is 0.0867. The first-order valence-electron chi connectivity index (χ1n) is 9.00. The quantitative estimate of drug-likeness (QED) is 0.768. The highest BCUT2D eigenvalue weighted by molar-refractivity contribution is 7.12. The molecular weight excluding hydrogens is 380 g/mol. The largest absolute Gasteiger partial charge is 0.496 e. The Hall–Kier alpha value is -2.74. The van der Waals surface area contributed by atoms with Crippen molar-refractivity contribution in [2.45, 2.75) is 25.4 Å². The molecule has 2 amide bonds. The molecule has 0 saturated carbocycles. The normalized spacial score (nSPS) is 16.0. The topological polar surface area (TPSA) is 77.1 Å². The van der Waals surface area contributed by atoms with Crippen molar-refractivity contribution in [2.75, 3.05) is 27.9 Å². The number of methoxy groups -OCH3 is 3. The summed E-state index contributed by atoms with van der Waals surface area (Å²) in [5.41, 5.74) is 0.766. The lowest BCUT2D eigenvalue weighted by atomic mass is 10.1. The summed E-state index contributed by atoms with van der Waals surface area (Å²) >= 11 is 1.39. The van der Waals surface area contributed by atoms with Crippen molar-refractivity contribution < 1.29 is 23.8 Å². The third-order valence-electron chi connectivity index (χ3n) is 4.79. The Morgan fingerprint density at radius 3 is 2.50 bits per heavy atom. The monoisotopic (exact) mass is 404 g/mol. The van der Waals surface area contributed by atoms with E-state index in [1.54, 1.807) is 44.4 Å². The average Bonchev–Trinajstić information content (AvgIpc) is 3.42. The molecule has 0 unspecified atom stereocenters. The molecule has 7 nitrogen and oxygen atoms in total. The van der Waals surface area contributed by atoms with Crippen LogP contribution in [0.2, 0.25) is 0 Å².